The predicted molar refractivity (Wildman–Crippen MR) is 76.1 cm³/mol. The van der Waals surface area contributed by atoms with Crippen LogP contribution in [0.3, 0.4) is 0 Å². The summed E-state index contributed by atoms with van der Waals surface area (Å²) < 4.78 is 0. The zero-order valence-electron chi connectivity index (χ0n) is 11.4. The van der Waals surface area contributed by atoms with Gasteiger partial charge in [0.15, 0.2) is 5.78 Å². The van der Waals surface area contributed by atoms with Crippen LogP contribution in [-0.2, 0) is 0 Å². The van der Waals surface area contributed by atoms with Gasteiger partial charge in [-0.3, -0.25) is 4.79 Å². The van der Waals surface area contributed by atoms with Crippen molar-refractivity contribution in [3.8, 4) is 0 Å². The van der Waals surface area contributed by atoms with Crippen molar-refractivity contribution in [3.63, 3.8) is 0 Å². The maximum absolute atomic E-state index is 11.5. The summed E-state index contributed by atoms with van der Waals surface area (Å²) in [6.07, 6.45) is 5.79. The molecule has 1 aromatic carbocycles. The van der Waals surface area contributed by atoms with Crippen LogP contribution >= 0.6 is 0 Å². The first-order chi connectivity index (χ1) is 8.69. The van der Waals surface area contributed by atoms with Gasteiger partial charge in [0.2, 0.25) is 0 Å². The van der Waals surface area contributed by atoms with E-state index in [2.05, 4.69) is 12.2 Å². The second-order valence-corrected chi connectivity index (χ2v) is 5.47. The fraction of sp³-hybridized carbons (Fsp3) is 0.562. The Labute approximate surface area is 110 Å². The van der Waals surface area contributed by atoms with Crippen molar-refractivity contribution in [2.75, 3.05) is 5.32 Å². The lowest BCUT2D eigenvalue weighted by atomic mass is 9.87. The van der Waals surface area contributed by atoms with Crippen molar-refractivity contribution < 1.29 is 4.79 Å². The third kappa shape index (κ3) is 3.34. The normalized spacial score (nSPS) is 23.7. The van der Waals surface area contributed by atoms with Gasteiger partial charge in [0, 0.05) is 23.7 Å². The number of carbonyl (C=O) groups excluding carboxylic acids is 1. The van der Waals surface area contributed by atoms with Crippen molar-refractivity contribution >= 4 is 11.5 Å². The van der Waals surface area contributed by atoms with E-state index in [4.69, 9.17) is 0 Å². The zero-order chi connectivity index (χ0) is 13.0. The number of Topliss-reactive ketones (excluding diaryl/α,β-unsaturated/α-hetero) is 1. The van der Waals surface area contributed by atoms with E-state index in [1.54, 1.807) is 0 Å². The van der Waals surface area contributed by atoms with E-state index in [1.807, 2.05) is 31.2 Å². The Balaban J connectivity index is 1.95. The van der Waals surface area contributed by atoms with Gasteiger partial charge < -0.3 is 5.32 Å². The summed E-state index contributed by atoms with van der Waals surface area (Å²) in [6, 6.07) is 8.52. The molecule has 0 bridgehead atoms. The lowest BCUT2D eigenvalue weighted by Gasteiger charge is -2.28. The summed E-state index contributed by atoms with van der Waals surface area (Å²) in [6.45, 7) is 4.23. The highest BCUT2D eigenvalue weighted by Gasteiger charge is 2.18. The van der Waals surface area contributed by atoms with Gasteiger partial charge in [0.05, 0.1) is 0 Å². The Morgan fingerprint density at radius 3 is 2.61 bits per heavy atom. The van der Waals surface area contributed by atoms with Crippen molar-refractivity contribution in [1.82, 2.24) is 0 Å². The fourth-order valence-electron chi connectivity index (χ4n) is 2.76. The second kappa shape index (κ2) is 6.03. The lowest BCUT2D eigenvalue weighted by molar-refractivity contribution is 0.0988. The van der Waals surface area contributed by atoms with Gasteiger partial charge >= 0.3 is 0 Å². The van der Waals surface area contributed by atoms with E-state index in [0.717, 1.165) is 17.2 Å². The first-order valence-corrected chi connectivity index (χ1v) is 7.09. The Morgan fingerprint density at radius 1 is 1.28 bits per heavy atom. The molecule has 2 heteroatoms. The number of nitrogens with one attached hydrogen (secondary N) is 1. The van der Waals surface area contributed by atoms with Crippen LogP contribution in [0.25, 0.3) is 0 Å². The molecule has 1 saturated carbocycles. The number of hydrogen-bond acceptors (Lipinski definition) is 2. The largest absolute Gasteiger partial charge is 0.382 e. The average Bonchev–Trinajstić information content (AvgIpc) is 2.39. The molecule has 1 aliphatic rings. The topological polar surface area (TPSA) is 29.1 Å². The van der Waals surface area contributed by atoms with Gasteiger partial charge in [-0.05, 0) is 43.0 Å². The molecule has 0 aromatic heterocycles. The van der Waals surface area contributed by atoms with Gasteiger partial charge in [-0.2, -0.15) is 0 Å². The van der Waals surface area contributed by atoms with E-state index in [9.17, 15) is 4.79 Å². The number of carbonyl (C=O) groups is 1. The molecule has 0 aliphatic heterocycles. The first-order valence-electron chi connectivity index (χ1n) is 7.09. The van der Waals surface area contributed by atoms with Gasteiger partial charge in [-0.25, -0.2) is 0 Å². The summed E-state index contributed by atoms with van der Waals surface area (Å²) in [5.74, 6) is 1.05. The molecule has 1 N–H and O–H groups in total. The summed E-state index contributed by atoms with van der Waals surface area (Å²) in [5.41, 5.74) is 1.96. The van der Waals surface area contributed by atoms with Crippen molar-refractivity contribution in [2.24, 2.45) is 5.92 Å². The minimum absolute atomic E-state index is 0.216. The fourth-order valence-corrected chi connectivity index (χ4v) is 2.76. The molecule has 0 spiro atoms. The zero-order valence-corrected chi connectivity index (χ0v) is 11.4. The highest BCUT2D eigenvalue weighted by molar-refractivity contribution is 5.96. The Morgan fingerprint density at radius 2 is 2.00 bits per heavy atom. The van der Waals surface area contributed by atoms with Crippen molar-refractivity contribution in [2.45, 2.75) is 52.0 Å². The van der Waals surface area contributed by atoms with Crippen LogP contribution in [0.15, 0.2) is 24.3 Å². The highest BCUT2D eigenvalue weighted by atomic mass is 16.1. The first kappa shape index (κ1) is 13.1. The molecular weight excluding hydrogens is 222 g/mol. The van der Waals surface area contributed by atoms with E-state index < -0.39 is 0 Å². The smallest absolute Gasteiger partial charge is 0.162 e. The molecule has 2 unspecified atom stereocenters. The molecule has 2 nitrogen and oxygen atoms in total. The molecule has 0 heterocycles. The van der Waals surface area contributed by atoms with Gasteiger partial charge in [0.1, 0.15) is 0 Å². The quantitative estimate of drug-likeness (QED) is 0.803. The highest BCUT2D eigenvalue weighted by Crippen LogP contribution is 2.26. The summed E-state index contributed by atoms with van der Waals surface area (Å²) in [7, 11) is 0. The van der Waals surface area contributed by atoms with Gasteiger partial charge in [0.25, 0.3) is 0 Å². The van der Waals surface area contributed by atoms with Gasteiger partial charge in [-0.15, -0.1) is 0 Å². The number of benzene rings is 1. The minimum atomic E-state index is 0.216. The molecule has 18 heavy (non-hydrogen) atoms. The predicted octanol–water partition coefficient (Wildman–Crippen LogP) is 4.27. The van der Waals surface area contributed by atoms with Crippen molar-refractivity contribution in [3.05, 3.63) is 29.8 Å². The van der Waals surface area contributed by atoms with Crippen LogP contribution in [0.5, 0.6) is 0 Å². The van der Waals surface area contributed by atoms with Crippen molar-refractivity contribution in [1.29, 1.82) is 0 Å². The average molecular weight is 245 g/mol. The lowest BCUT2D eigenvalue weighted by Crippen LogP contribution is -2.26. The summed E-state index contributed by atoms with van der Waals surface area (Å²) in [4.78, 5) is 11.5. The number of rotatable bonds is 4. The second-order valence-electron chi connectivity index (χ2n) is 5.47. The van der Waals surface area contributed by atoms with Crippen LogP contribution < -0.4 is 5.32 Å². The Kier molecular flexibility index (Phi) is 4.40. The number of hydrogen-bond donors (Lipinski definition) is 1. The minimum Gasteiger partial charge on any atom is -0.382 e. The number of anilines is 1. The van der Waals surface area contributed by atoms with Crippen LogP contribution in [0.1, 0.15) is 56.3 Å². The SMILES string of the molecule is CCC(=O)c1ccc(NC2CCCC(C)C2)cc1. The summed E-state index contributed by atoms with van der Waals surface area (Å²) >= 11 is 0. The molecule has 1 aromatic rings. The Hall–Kier alpha value is -1.31. The molecule has 98 valence electrons. The molecular formula is C16H23NO. The third-order valence-corrected chi connectivity index (χ3v) is 3.84. The van der Waals surface area contributed by atoms with E-state index >= 15 is 0 Å². The molecule has 1 aliphatic carbocycles. The van der Waals surface area contributed by atoms with Crippen LogP contribution in [-0.4, -0.2) is 11.8 Å². The molecule has 0 saturated heterocycles. The Bertz CT molecular complexity index is 396. The molecule has 0 radical (unpaired) electrons. The molecule has 1 fully saturated rings. The maximum Gasteiger partial charge on any atom is 0.162 e. The third-order valence-electron chi connectivity index (χ3n) is 3.84. The monoisotopic (exact) mass is 245 g/mol. The maximum atomic E-state index is 11.5. The molecule has 2 rings (SSSR count). The standard InChI is InChI=1S/C16H23NO/c1-3-16(18)13-7-9-14(10-8-13)17-15-6-4-5-12(2)11-15/h7-10,12,15,17H,3-6,11H2,1-2H3. The van der Waals surface area contributed by atoms with Crippen LogP contribution in [0.4, 0.5) is 5.69 Å². The van der Waals surface area contributed by atoms with E-state index in [-0.39, 0.29) is 5.78 Å². The van der Waals surface area contributed by atoms with E-state index in [0.29, 0.717) is 12.5 Å². The molecule has 2 atom stereocenters. The number of ketones is 1. The molecule has 0 amide bonds. The summed E-state index contributed by atoms with van der Waals surface area (Å²) in [5, 5.41) is 3.58. The van der Waals surface area contributed by atoms with Crippen LogP contribution in [0, 0.1) is 5.92 Å². The van der Waals surface area contributed by atoms with Gasteiger partial charge in [-0.1, -0.05) is 26.7 Å². The van der Waals surface area contributed by atoms with E-state index in [1.165, 1.54) is 25.7 Å². The van der Waals surface area contributed by atoms with Crippen LogP contribution in [0.2, 0.25) is 0 Å².